The number of methoxy groups -OCH3 is 1. The van der Waals surface area contributed by atoms with Gasteiger partial charge in [-0.25, -0.2) is 0 Å². The highest BCUT2D eigenvalue weighted by Crippen LogP contribution is 2.22. The maximum Gasteiger partial charge on any atom is 0.276 e. The number of aryl methyl sites for hydroxylation is 1. The first-order chi connectivity index (χ1) is 10.7. The van der Waals surface area contributed by atoms with Crippen molar-refractivity contribution in [1.29, 1.82) is 0 Å². The summed E-state index contributed by atoms with van der Waals surface area (Å²) in [5.41, 5.74) is 3.77. The van der Waals surface area contributed by atoms with Gasteiger partial charge in [0.05, 0.1) is 26.0 Å². The molecule has 0 unspecified atom stereocenters. The van der Waals surface area contributed by atoms with Gasteiger partial charge in [-0.3, -0.25) is 4.79 Å². The van der Waals surface area contributed by atoms with Crippen LogP contribution in [0, 0.1) is 6.92 Å². The van der Waals surface area contributed by atoms with E-state index in [2.05, 4.69) is 15.5 Å². The highest BCUT2D eigenvalue weighted by Gasteiger charge is 2.16. The fourth-order valence-corrected chi connectivity index (χ4v) is 2.34. The summed E-state index contributed by atoms with van der Waals surface area (Å²) in [6, 6.07) is 7.22. The Morgan fingerprint density at radius 1 is 1.32 bits per heavy atom. The molecule has 0 saturated carbocycles. The van der Waals surface area contributed by atoms with Crippen molar-refractivity contribution in [3.05, 3.63) is 46.8 Å². The maximum atomic E-state index is 12.3. The first-order valence-corrected chi connectivity index (χ1v) is 7.06. The molecule has 1 aliphatic rings. The highest BCUT2D eigenvalue weighted by atomic mass is 16.5. The zero-order chi connectivity index (χ0) is 15.5. The number of nitrogens with one attached hydrogen (secondary N) is 1. The van der Waals surface area contributed by atoms with Crippen LogP contribution in [0.4, 0.5) is 5.69 Å². The third-order valence-electron chi connectivity index (χ3n) is 3.62. The number of aromatic nitrogens is 2. The lowest BCUT2D eigenvalue weighted by atomic mass is 10.1. The lowest BCUT2D eigenvalue weighted by Crippen LogP contribution is -2.19. The fourth-order valence-electron chi connectivity index (χ4n) is 2.34. The largest absolute Gasteiger partial charge is 0.497 e. The molecular formula is C16H17N3O3. The Morgan fingerprint density at radius 2 is 2.18 bits per heavy atom. The van der Waals surface area contributed by atoms with E-state index >= 15 is 0 Å². The van der Waals surface area contributed by atoms with Crippen molar-refractivity contribution in [3.63, 3.8) is 0 Å². The third-order valence-corrected chi connectivity index (χ3v) is 3.62. The van der Waals surface area contributed by atoms with Crippen molar-refractivity contribution in [1.82, 2.24) is 10.2 Å². The van der Waals surface area contributed by atoms with Gasteiger partial charge in [-0.05, 0) is 36.8 Å². The summed E-state index contributed by atoms with van der Waals surface area (Å²) in [4.78, 5) is 12.3. The Balaban J connectivity index is 1.80. The van der Waals surface area contributed by atoms with Crippen LogP contribution < -0.4 is 10.1 Å². The minimum absolute atomic E-state index is 0.283. The summed E-state index contributed by atoms with van der Waals surface area (Å²) in [6.07, 6.45) is 0.738. The number of rotatable bonds is 3. The van der Waals surface area contributed by atoms with E-state index in [1.54, 1.807) is 25.3 Å². The number of carbonyl (C=O) groups is 1. The van der Waals surface area contributed by atoms with Gasteiger partial charge in [0.1, 0.15) is 5.75 Å². The number of hydrogen-bond acceptors (Lipinski definition) is 5. The topological polar surface area (TPSA) is 73.3 Å². The second-order valence-electron chi connectivity index (χ2n) is 5.14. The molecule has 1 amide bonds. The average molecular weight is 299 g/mol. The molecule has 0 fully saturated rings. The molecule has 0 radical (unpaired) electrons. The van der Waals surface area contributed by atoms with E-state index in [0.29, 0.717) is 18.9 Å². The summed E-state index contributed by atoms with van der Waals surface area (Å²) in [6.45, 7) is 3.04. The summed E-state index contributed by atoms with van der Waals surface area (Å²) in [5.74, 6) is 0.468. The lowest BCUT2D eigenvalue weighted by Gasteiger charge is -2.15. The second-order valence-corrected chi connectivity index (χ2v) is 5.14. The third kappa shape index (κ3) is 2.92. The van der Waals surface area contributed by atoms with Gasteiger partial charge in [0.15, 0.2) is 5.69 Å². The van der Waals surface area contributed by atoms with Gasteiger partial charge < -0.3 is 14.8 Å². The Kier molecular flexibility index (Phi) is 4.02. The Morgan fingerprint density at radius 3 is 2.95 bits per heavy atom. The number of benzene rings is 1. The molecule has 114 valence electrons. The number of fused-ring (bicyclic) bond motifs is 1. The van der Waals surface area contributed by atoms with Gasteiger partial charge in [-0.15, -0.1) is 5.10 Å². The molecule has 0 saturated heterocycles. The molecule has 1 N–H and O–H groups in total. The standard InChI is InChI=1S/C16H17N3O3/c1-10-7-12(21-2)3-4-13(10)17-16(20)15-8-11-9-22-6-5-14(11)18-19-15/h3-4,7-8H,5-6,9H2,1-2H3,(H,17,20). The van der Waals surface area contributed by atoms with Gasteiger partial charge in [0.25, 0.3) is 5.91 Å². The van der Waals surface area contributed by atoms with Crippen LogP contribution >= 0.6 is 0 Å². The van der Waals surface area contributed by atoms with Crippen molar-refractivity contribution in [2.45, 2.75) is 20.0 Å². The Hall–Kier alpha value is -2.47. The van der Waals surface area contributed by atoms with Crippen molar-refractivity contribution in [3.8, 4) is 5.75 Å². The summed E-state index contributed by atoms with van der Waals surface area (Å²) in [5, 5.41) is 11.0. The zero-order valence-electron chi connectivity index (χ0n) is 12.5. The Labute approximate surface area is 128 Å². The second kappa shape index (κ2) is 6.11. The van der Waals surface area contributed by atoms with Gasteiger partial charge in [-0.1, -0.05) is 0 Å². The van der Waals surface area contributed by atoms with E-state index in [0.717, 1.165) is 34.7 Å². The van der Waals surface area contributed by atoms with E-state index in [1.807, 2.05) is 13.0 Å². The molecular weight excluding hydrogens is 282 g/mol. The lowest BCUT2D eigenvalue weighted by molar-refractivity contribution is 0.101. The van der Waals surface area contributed by atoms with E-state index < -0.39 is 0 Å². The maximum absolute atomic E-state index is 12.3. The molecule has 2 aromatic rings. The van der Waals surface area contributed by atoms with Crippen molar-refractivity contribution in [2.75, 3.05) is 19.0 Å². The summed E-state index contributed by atoms with van der Waals surface area (Å²) in [7, 11) is 1.61. The van der Waals surface area contributed by atoms with E-state index in [9.17, 15) is 4.79 Å². The van der Waals surface area contributed by atoms with Crippen LogP contribution in [-0.4, -0.2) is 29.8 Å². The molecule has 1 aliphatic heterocycles. The van der Waals surface area contributed by atoms with E-state index in [4.69, 9.17) is 9.47 Å². The summed E-state index contributed by atoms with van der Waals surface area (Å²) < 4.78 is 10.5. The molecule has 1 aromatic carbocycles. The summed E-state index contributed by atoms with van der Waals surface area (Å²) >= 11 is 0. The molecule has 2 heterocycles. The number of nitrogens with zero attached hydrogens (tertiary/aromatic N) is 2. The smallest absolute Gasteiger partial charge is 0.276 e. The van der Waals surface area contributed by atoms with Crippen molar-refractivity contribution >= 4 is 11.6 Å². The number of anilines is 1. The predicted octanol–water partition coefficient (Wildman–Crippen LogP) is 2.12. The van der Waals surface area contributed by atoms with Crippen LogP contribution in [0.25, 0.3) is 0 Å². The fraction of sp³-hybridized carbons (Fsp3) is 0.312. The van der Waals surface area contributed by atoms with Crippen LogP contribution in [0.1, 0.15) is 27.3 Å². The molecule has 3 rings (SSSR count). The van der Waals surface area contributed by atoms with E-state index in [-0.39, 0.29) is 5.91 Å². The average Bonchev–Trinajstić information content (AvgIpc) is 2.56. The highest BCUT2D eigenvalue weighted by molar-refractivity contribution is 6.03. The van der Waals surface area contributed by atoms with Gasteiger partial charge in [0.2, 0.25) is 0 Å². The van der Waals surface area contributed by atoms with Crippen LogP contribution in [0.5, 0.6) is 5.75 Å². The van der Waals surface area contributed by atoms with Crippen LogP contribution in [0.15, 0.2) is 24.3 Å². The molecule has 22 heavy (non-hydrogen) atoms. The molecule has 0 aliphatic carbocycles. The first kappa shape index (κ1) is 14.5. The molecule has 0 spiro atoms. The number of ether oxygens (including phenoxy) is 2. The monoisotopic (exact) mass is 299 g/mol. The van der Waals surface area contributed by atoms with Gasteiger partial charge in [0, 0.05) is 17.7 Å². The molecule has 6 nitrogen and oxygen atoms in total. The molecule has 1 aromatic heterocycles. The van der Waals surface area contributed by atoms with E-state index in [1.165, 1.54) is 0 Å². The first-order valence-electron chi connectivity index (χ1n) is 7.06. The minimum atomic E-state index is -0.283. The van der Waals surface area contributed by atoms with Crippen LogP contribution in [0.3, 0.4) is 0 Å². The van der Waals surface area contributed by atoms with Crippen molar-refractivity contribution < 1.29 is 14.3 Å². The predicted molar refractivity (Wildman–Crippen MR) is 81.1 cm³/mol. The molecule has 0 atom stereocenters. The van der Waals surface area contributed by atoms with Crippen LogP contribution in [-0.2, 0) is 17.8 Å². The number of hydrogen-bond donors (Lipinski definition) is 1. The number of amides is 1. The van der Waals surface area contributed by atoms with Crippen LogP contribution in [0.2, 0.25) is 0 Å². The Bertz CT molecular complexity index is 716. The molecule has 0 bridgehead atoms. The normalized spacial score (nSPS) is 13.4. The van der Waals surface area contributed by atoms with Gasteiger partial charge >= 0.3 is 0 Å². The molecule has 6 heteroatoms. The van der Waals surface area contributed by atoms with Crippen molar-refractivity contribution in [2.24, 2.45) is 0 Å². The van der Waals surface area contributed by atoms with Gasteiger partial charge in [-0.2, -0.15) is 5.10 Å². The SMILES string of the molecule is COc1ccc(NC(=O)c2cc3c(nn2)CCOC3)c(C)c1. The zero-order valence-corrected chi connectivity index (χ0v) is 12.5. The quantitative estimate of drug-likeness (QED) is 0.939. The number of carbonyl (C=O) groups excluding carboxylic acids is 1. The minimum Gasteiger partial charge on any atom is -0.497 e.